The third kappa shape index (κ3) is 3.19. The first-order valence-electron chi connectivity index (χ1n) is 8.35. The molecule has 128 valence electrons. The van der Waals surface area contributed by atoms with E-state index in [-0.39, 0.29) is 0 Å². The molecule has 0 fully saturated rings. The molecule has 0 spiro atoms. The lowest BCUT2D eigenvalue weighted by Gasteiger charge is -2.11. The van der Waals surface area contributed by atoms with Gasteiger partial charge in [-0.3, -0.25) is 0 Å². The van der Waals surface area contributed by atoms with E-state index < -0.39 is 0 Å². The molecule has 0 unspecified atom stereocenters. The molecule has 26 heavy (non-hydrogen) atoms. The second-order valence-corrected chi connectivity index (χ2v) is 5.93. The zero-order valence-corrected chi connectivity index (χ0v) is 14.6. The smallest absolute Gasteiger partial charge is 0.180 e. The van der Waals surface area contributed by atoms with Crippen LogP contribution in [0.4, 0.5) is 11.5 Å². The second-order valence-electron chi connectivity index (χ2n) is 5.93. The highest BCUT2D eigenvalue weighted by molar-refractivity contribution is 5.92. The average Bonchev–Trinajstić information content (AvgIpc) is 2.68. The molecule has 0 saturated heterocycles. The van der Waals surface area contributed by atoms with Gasteiger partial charge >= 0.3 is 0 Å². The number of nitrogens with zero attached hydrogens (tertiary/aromatic N) is 3. The van der Waals surface area contributed by atoms with Crippen LogP contribution in [-0.4, -0.2) is 22.1 Å². The van der Waals surface area contributed by atoms with Gasteiger partial charge in [0.15, 0.2) is 5.82 Å². The molecule has 0 radical (unpaired) electrons. The van der Waals surface area contributed by atoms with Gasteiger partial charge in [0.05, 0.1) is 12.6 Å². The summed E-state index contributed by atoms with van der Waals surface area (Å²) >= 11 is 0. The first kappa shape index (κ1) is 16.0. The molecule has 1 N–H and O–H groups in total. The van der Waals surface area contributed by atoms with Crippen LogP contribution < -0.4 is 10.1 Å². The van der Waals surface area contributed by atoms with E-state index in [1.165, 1.54) is 0 Å². The third-order valence-electron chi connectivity index (χ3n) is 4.07. The van der Waals surface area contributed by atoms with Crippen LogP contribution >= 0.6 is 0 Å². The molecular formula is C21H18N4O. The maximum Gasteiger partial charge on any atom is 0.180 e. The first-order valence-corrected chi connectivity index (χ1v) is 8.35. The predicted octanol–water partition coefficient (Wildman–Crippen LogP) is 4.75. The van der Waals surface area contributed by atoms with Gasteiger partial charge in [-0.25, -0.2) is 15.0 Å². The number of hydrogen-bond donors (Lipinski definition) is 1. The average molecular weight is 342 g/mol. The van der Waals surface area contributed by atoms with Crippen molar-refractivity contribution in [1.29, 1.82) is 0 Å². The Morgan fingerprint density at radius 1 is 0.808 bits per heavy atom. The zero-order chi connectivity index (χ0) is 17.9. The summed E-state index contributed by atoms with van der Waals surface area (Å²) in [5, 5.41) is 4.35. The maximum absolute atomic E-state index is 5.22. The lowest BCUT2D eigenvalue weighted by molar-refractivity contribution is 0.415. The minimum Gasteiger partial charge on any atom is -0.497 e. The predicted molar refractivity (Wildman–Crippen MR) is 104 cm³/mol. The molecule has 0 amide bonds. The van der Waals surface area contributed by atoms with Gasteiger partial charge < -0.3 is 10.1 Å². The van der Waals surface area contributed by atoms with Crippen LogP contribution in [0, 0.1) is 6.92 Å². The topological polar surface area (TPSA) is 59.9 Å². The zero-order valence-electron chi connectivity index (χ0n) is 14.6. The van der Waals surface area contributed by atoms with E-state index in [0.717, 1.165) is 39.5 Å². The van der Waals surface area contributed by atoms with Crippen LogP contribution in [0.5, 0.6) is 5.75 Å². The summed E-state index contributed by atoms with van der Waals surface area (Å²) in [6.07, 6.45) is 0. The molecule has 2 heterocycles. The normalized spacial score (nSPS) is 10.7. The van der Waals surface area contributed by atoms with Crippen molar-refractivity contribution >= 4 is 22.4 Å². The van der Waals surface area contributed by atoms with Gasteiger partial charge in [-0.1, -0.05) is 18.2 Å². The number of anilines is 2. The Balaban J connectivity index is 1.81. The van der Waals surface area contributed by atoms with Crippen molar-refractivity contribution in [3.8, 4) is 17.3 Å². The van der Waals surface area contributed by atoms with Crippen LogP contribution in [-0.2, 0) is 0 Å². The minimum absolute atomic E-state index is 0.600. The maximum atomic E-state index is 5.22. The minimum atomic E-state index is 0.600. The molecule has 0 aliphatic carbocycles. The molecule has 0 saturated carbocycles. The lowest BCUT2D eigenvalue weighted by atomic mass is 10.2. The molecule has 4 aromatic rings. The quantitative estimate of drug-likeness (QED) is 0.580. The van der Waals surface area contributed by atoms with Crippen LogP contribution in [0.3, 0.4) is 0 Å². The molecule has 0 bridgehead atoms. The SMILES string of the molecule is COc1ccc(Nc2nc(-c3cccc(C)n3)nc3ccccc23)cc1. The Morgan fingerprint density at radius 3 is 2.38 bits per heavy atom. The lowest BCUT2D eigenvalue weighted by Crippen LogP contribution is -2.00. The largest absolute Gasteiger partial charge is 0.497 e. The Bertz CT molecular complexity index is 1060. The number of aryl methyl sites for hydroxylation is 1. The summed E-state index contributed by atoms with van der Waals surface area (Å²) in [5.74, 6) is 2.16. The number of para-hydroxylation sites is 1. The Kier molecular flexibility index (Phi) is 4.19. The third-order valence-corrected chi connectivity index (χ3v) is 4.07. The standard InChI is InChI=1S/C21H18N4O/c1-14-6-5-9-19(22-14)21-24-18-8-4-3-7-17(18)20(25-21)23-15-10-12-16(26-2)13-11-15/h3-13H,1-2H3,(H,23,24,25). The van der Waals surface area contributed by atoms with Crippen molar-refractivity contribution in [2.75, 3.05) is 12.4 Å². The summed E-state index contributed by atoms with van der Waals surface area (Å²) in [4.78, 5) is 14.0. The Labute approximate surface area is 151 Å². The van der Waals surface area contributed by atoms with Crippen LogP contribution in [0.25, 0.3) is 22.4 Å². The molecule has 5 heteroatoms. The summed E-state index contributed by atoms with van der Waals surface area (Å²) in [6.45, 7) is 1.96. The summed E-state index contributed by atoms with van der Waals surface area (Å²) < 4.78 is 5.22. The van der Waals surface area contributed by atoms with E-state index in [0.29, 0.717) is 5.82 Å². The van der Waals surface area contributed by atoms with Crippen LogP contribution in [0.2, 0.25) is 0 Å². The van der Waals surface area contributed by atoms with Gasteiger partial charge in [-0.15, -0.1) is 0 Å². The fraction of sp³-hybridized carbons (Fsp3) is 0.0952. The number of pyridine rings is 1. The number of methoxy groups -OCH3 is 1. The van der Waals surface area contributed by atoms with Gasteiger partial charge in [0, 0.05) is 16.8 Å². The number of ether oxygens (including phenoxy) is 1. The fourth-order valence-corrected chi connectivity index (χ4v) is 2.77. The van der Waals surface area contributed by atoms with Crippen molar-refractivity contribution in [3.63, 3.8) is 0 Å². The van der Waals surface area contributed by atoms with E-state index in [4.69, 9.17) is 9.72 Å². The summed E-state index contributed by atoms with van der Waals surface area (Å²) in [6, 6.07) is 21.5. The number of aromatic nitrogens is 3. The molecule has 5 nitrogen and oxygen atoms in total. The number of benzene rings is 2. The molecule has 0 atom stereocenters. The van der Waals surface area contributed by atoms with Gasteiger partial charge in [-0.05, 0) is 55.5 Å². The fourth-order valence-electron chi connectivity index (χ4n) is 2.77. The Hall–Kier alpha value is -3.47. The second kappa shape index (κ2) is 6.80. The molecule has 0 aliphatic rings. The van der Waals surface area contributed by atoms with E-state index in [2.05, 4.69) is 15.3 Å². The molecule has 4 rings (SSSR count). The van der Waals surface area contributed by atoms with E-state index in [1.54, 1.807) is 7.11 Å². The van der Waals surface area contributed by atoms with Crippen molar-refractivity contribution in [3.05, 3.63) is 72.4 Å². The highest BCUT2D eigenvalue weighted by atomic mass is 16.5. The highest BCUT2D eigenvalue weighted by Gasteiger charge is 2.10. The van der Waals surface area contributed by atoms with Crippen LogP contribution in [0.1, 0.15) is 5.69 Å². The molecule has 2 aromatic carbocycles. The summed E-state index contributed by atoms with van der Waals surface area (Å²) in [5.41, 5.74) is 3.49. The number of hydrogen-bond acceptors (Lipinski definition) is 5. The van der Waals surface area contributed by atoms with Crippen LogP contribution in [0.15, 0.2) is 66.7 Å². The van der Waals surface area contributed by atoms with E-state index in [1.807, 2.05) is 73.7 Å². The van der Waals surface area contributed by atoms with Crippen molar-refractivity contribution < 1.29 is 4.74 Å². The van der Waals surface area contributed by atoms with Crippen molar-refractivity contribution in [1.82, 2.24) is 15.0 Å². The molecular weight excluding hydrogens is 324 g/mol. The van der Waals surface area contributed by atoms with Gasteiger partial charge in [0.2, 0.25) is 0 Å². The van der Waals surface area contributed by atoms with E-state index in [9.17, 15) is 0 Å². The molecule has 2 aromatic heterocycles. The highest BCUT2D eigenvalue weighted by Crippen LogP contribution is 2.27. The van der Waals surface area contributed by atoms with Gasteiger partial charge in [-0.2, -0.15) is 0 Å². The van der Waals surface area contributed by atoms with Gasteiger partial charge in [0.1, 0.15) is 17.3 Å². The number of fused-ring (bicyclic) bond motifs is 1. The van der Waals surface area contributed by atoms with Crippen molar-refractivity contribution in [2.45, 2.75) is 6.92 Å². The Morgan fingerprint density at radius 2 is 1.62 bits per heavy atom. The number of rotatable bonds is 4. The first-order chi connectivity index (χ1) is 12.7. The number of nitrogens with one attached hydrogen (secondary N) is 1. The summed E-state index contributed by atoms with van der Waals surface area (Å²) in [7, 11) is 1.65. The van der Waals surface area contributed by atoms with E-state index >= 15 is 0 Å². The molecule has 0 aliphatic heterocycles. The monoisotopic (exact) mass is 342 g/mol. The van der Waals surface area contributed by atoms with Crippen molar-refractivity contribution in [2.24, 2.45) is 0 Å². The van der Waals surface area contributed by atoms with Gasteiger partial charge in [0.25, 0.3) is 0 Å².